The monoisotopic (exact) mass is 334 g/mol. The van der Waals surface area contributed by atoms with Crippen molar-refractivity contribution in [2.75, 3.05) is 16.8 Å². The maximum atomic E-state index is 7.63. The average molecular weight is 334 g/mol. The van der Waals surface area contributed by atoms with Gasteiger partial charge in [-0.05, 0) is 38.1 Å². The van der Waals surface area contributed by atoms with Gasteiger partial charge in [-0.25, -0.2) is 4.98 Å². The highest BCUT2D eigenvalue weighted by Gasteiger charge is 2.04. The molecule has 0 radical (unpaired) electrons. The third-order valence-corrected chi connectivity index (χ3v) is 2.40. The fraction of sp³-hybridized carbons (Fsp3) is 0.312. The molecule has 24 heavy (non-hydrogen) atoms. The Balaban J connectivity index is 0.000000773. The van der Waals surface area contributed by atoms with E-state index < -0.39 is 6.29 Å². The Morgan fingerprint density at radius 2 is 1.79 bits per heavy atom. The Kier molecular flexibility index (Phi) is 9.69. The number of hydrogen-bond acceptors (Lipinski definition) is 8. The molecule has 2 rings (SSSR count). The van der Waals surface area contributed by atoms with E-state index in [4.69, 9.17) is 27.1 Å². The Morgan fingerprint density at radius 3 is 2.29 bits per heavy atom. The largest absolute Gasteiger partial charge is 0.398 e. The van der Waals surface area contributed by atoms with Gasteiger partial charge in [0, 0.05) is 28.8 Å². The van der Waals surface area contributed by atoms with Crippen LogP contribution in [-0.2, 0) is 0 Å². The number of hydrogen-bond donors (Lipinski definition) is 6. The summed E-state index contributed by atoms with van der Waals surface area (Å²) in [5, 5.41) is 25.9. The fourth-order valence-electron chi connectivity index (χ4n) is 1.55. The second-order valence-corrected chi connectivity index (χ2v) is 4.48. The zero-order valence-electron chi connectivity index (χ0n) is 14.4. The van der Waals surface area contributed by atoms with Crippen LogP contribution in [0.25, 0.3) is 0 Å². The normalized spacial score (nSPS) is 9.29. The number of nitrogens with two attached hydrogens (primary N) is 2. The van der Waals surface area contributed by atoms with E-state index in [1.165, 1.54) is 6.92 Å². The molecular formula is C16H26N6O2. The Bertz CT molecular complexity index is 643. The lowest BCUT2D eigenvalue weighted by atomic mass is 10.1. The molecule has 1 aromatic carbocycles. The zero-order chi connectivity index (χ0) is 18.7. The van der Waals surface area contributed by atoms with Gasteiger partial charge in [0.1, 0.15) is 12.1 Å². The van der Waals surface area contributed by atoms with E-state index in [0.717, 1.165) is 5.69 Å². The van der Waals surface area contributed by atoms with Crippen molar-refractivity contribution in [1.82, 2.24) is 9.97 Å². The molecule has 1 aromatic heterocycles. The molecule has 132 valence electrons. The van der Waals surface area contributed by atoms with Gasteiger partial charge in [0.25, 0.3) is 0 Å². The van der Waals surface area contributed by atoms with Gasteiger partial charge in [-0.1, -0.05) is 13.8 Å². The molecule has 0 bridgehead atoms. The van der Waals surface area contributed by atoms with Crippen molar-refractivity contribution in [2.45, 2.75) is 34.0 Å². The minimum Gasteiger partial charge on any atom is -0.398 e. The molecular weight excluding hydrogens is 308 g/mol. The molecule has 0 saturated carbocycles. The van der Waals surface area contributed by atoms with E-state index in [0.29, 0.717) is 22.8 Å². The molecule has 0 spiro atoms. The summed E-state index contributed by atoms with van der Waals surface area (Å²) in [6, 6.07) is 7.08. The van der Waals surface area contributed by atoms with Gasteiger partial charge in [0.15, 0.2) is 0 Å². The van der Waals surface area contributed by atoms with E-state index in [1.807, 2.05) is 19.9 Å². The zero-order valence-corrected chi connectivity index (χ0v) is 14.4. The van der Waals surface area contributed by atoms with Crippen LogP contribution in [0.15, 0.2) is 30.5 Å². The van der Waals surface area contributed by atoms with Crippen molar-refractivity contribution >= 4 is 28.9 Å². The van der Waals surface area contributed by atoms with Crippen LogP contribution in [0.2, 0.25) is 0 Å². The standard InChI is InChI=1S/C12H14N6.C2H6O2.C2H6/c1-7(13)9-6-8(2-3-10(9)14)17-11-4-5-16-12(15)18-11;1-2(3)4;1-2/h2-6,13H,14H2,1H3,(H3,15,16,17,18);2-4H,1H3;1-2H3. The second kappa shape index (κ2) is 10.9. The van der Waals surface area contributed by atoms with Crippen molar-refractivity contribution in [3.8, 4) is 0 Å². The summed E-state index contributed by atoms with van der Waals surface area (Å²) in [4.78, 5) is 7.85. The van der Waals surface area contributed by atoms with Gasteiger partial charge in [-0.3, -0.25) is 0 Å². The molecule has 0 aliphatic rings. The number of rotatable bonds is 3. The minimum atomic E-state index is -1.17. The summed E-state index contributed by atoms with van der Waals surface area (Å²) in [5.74, 6) is 0.805. The highest BCUT2D eigenvalue weighted by atomic mass is 16.5. The highest BCUT2D eigenvalue weighted by molar-refractivity contribution is 6.01. The first-order valence-corrected chi connectivity index (χ1v) is 7.46. The maximum Gasteiger partial charge on any atom is 0.221 e. The smallest absolute Gasteiger partial charge is 0.221 e. The molecule has 0 unspecified atom stereocenters. The first kappa shape index (κ1) is 21.3. The predicted molar refractivity (Wildman–Crippen MR) is 98.3 cm³/mol. The lowest BCUT2D eigenvalue weighted by Gasteiger charge is -2.09. The van der Waals surface area contributed by atoms with Gasteiger partial charge >= 0.3 is 0 Å². The van der Waals surface area contributed by atoms with Crippen LogP contribution in [0, 0.1) is 5.41 Å². The molecule has 0 amide bonds. The van der Waals surface area contributed by atoms with Crippen LogP contribution in [0.3, 0.4) is 0 Å². The summed E-state index contributed by atoms with van der Waals surface area (Å²) < 4.78 is 0. The van der Waals surface area contributed by atoms with Crippen molar-refractivity contribution < 1.29 is 10.2 Å². The average Bonchev–Trinajstić information content (AvgIpc) is 2.50. The summed E-state index contributed by atoms with van der Waals surface area (Å²) in [6.45, 7) is 6.97. The van der Waals surface area contributed by atoms with Gasteiger partial charge in [-0.2, -0.15) is 4.98 Å². The quantitative estimate of drug-likeness (QED) is 0.285. The molecule has 8 nitrogen and oxygen atoms in total. The lowest BCUT2D eigenvalue weighted by Crippen LogP contribution is -2.02. The number of nitrogen functional groups attached to an aromatic ring is 2. The van der Waals surface area contributed by atoms with Crippen LogP contribution >= 0.6 is 0 Å². The van der Waals surface area contributed by atoms with Crippen molar-refractivity contribution in [2.24, 2.45) is 0 Å². The number of benzene rings is 1. The van der Waals surface area contributed by atoms with Crippen LogP contribution < -0.4 is 16.8 Å². The van der Waals surface area contributed by atoms with Crippen LogP contribution in [0.1, 0.15) is 33.3 Å². The van der Waals surface area contributed by atoms with Gasteiger partial charge in [0.2, 0.25) is 5.95 Å². The molecule has 8 N–H and O–H groups in total. The van der Waals surface area contributed by atoms with Crippen molar-refractivity contribution in [3.05, 3.63) is 36.0 Å². The summed E-state index contributed by atoms with van der Waals surface area (Å²) in [5.41, 5.74) is 13.8. The molecule has 0 fully saturated rings. The molecule has 0 aliphatic carbocycles. The summed E-state index contributed by atoms with van der Waals surface area (Å²) in [6.07, 6.45) is 0.407. The highest BCUT2D eigenvalue weighted by Crippen LogP contribution is 2.21. The predicted octanol–water partition coefficient (Wildman–Crippen LogP) is 2.12. The summed E-state index contributed by atoms with van der Waals surface area (Å²) >= 11 is 0. The summed E-state index contributed by atoms with van der Waals surface area (Å²) in [7, 11) is 0. The topological polar surface area (TPSA) is 154 Å². The molecule has 0 saturated heterocycles. The van der Waals surface area contributed by atoms with Crippen LogP contribution in [0.5, 0.6) is 0 Å². The van der Waals surface area contributed by atoms with Gasteiger partial charge in [-0.15, -0.1) is 0 Å². The van der Waals surface area contributed by atoms with E-state index in [9.17, 15) is 0 Å². The number of aromatic nitrogens is 2. The molecule has 2 aromatic rings. The Hall–Kier alpha value is -2.71. The Labute approximate surface area is 142 Å². The molecule has 8 heteroatoms. The molecule has 0 aliphatic heterocycles. The SMILES string of the molecule is CC.CC(=N)c1cc(Nc2ccnc(N)n2)ccc1N.CC(O)O. The van der Waals surface area contributed by atoms with E-state index in [1.54, 1.807) is 31.3 Å². The van der Waals surface area contributed by atoms with Gasteiger partial charge < -0.3 is 32.4 Å². The third kappa shape index (κ3) is 8.06. The van der Waals surface area contributed by atoms with Crippen molar-refractivity contribution in [1.29, 1.82) is 5.41 Å². The lowest BCUT2D eigenvalue weighted by molar-refractivity contribution is -0.0228. The third-order valence-electron chi connectivity index (χ3n) is 2.40. The van der Waals surface area contributed by atoms with Crippen LogP contribution in [0.4, 0.5) is 23.1 Å². The number of aliphatic hydroxyl groups excluding tert-OH is 1. The van der Waals surface area contributed by atoms with E-state index >= 15 is 0 Å². The number of aliphatic hydroxyl groups is 2. The molecule has 0 atom stereocenters. The second-order valence-electron chi connectivity index (χ2n) is 4.48. The van der Waals surface area contributed by atoms with E-state index in [2.05, 4.69) is 15.3 Å². The first-order valence-electron chi connectivity index (χ1n) is 7.46. The van der Waals surface area contributed by atoms with E-state index in [-0.39, 0.29) is 5.95 Å². The van der Waals surface area contributed by atoms with Gasteiger partial charge in [0.05, 0.1) is 0 Å². The fourth-order valence-corrected chi connectivity index (χ4v) is 1.55. The first-order chi connectivity index (χ1) is 11.3. The Morgan fingerprint density at radius 1 is 1.21 bits per heavy atom. The van der Waals surface area contributed by atoms with Crippen molar-refractivity contribution in [3.63, 3.8) is 0 Å². The molecule has 1 heterocycles. The number of anilines is 4. The van der Waals surface area contributed by atoms with Crippen LogP contribution in [-0.4, -0.2) is 32.2 Å². The minimum absolute atomic E-state index is 0.207. The maximum absolute atomic E-state index is 7.63. The number of nitrogens with zero attached hydrogens (tertiary/aromatic N) is 2. The number of nitrogens with one attached hydrogen (secondary N) is 2.